The van der Waals surface area contributed by atoms with Gasteiger partial charge in [-0.25, -0.2) is 13.1 Å². The Morgan fingerprint density at radius 3 is 2.47 bits per heavy atom. The molecular weight excluding hydrogens is 288 g/mol. The average Bonchev–Trinajstić information content (AvgIpc) is 2.26. The largest absolute Gasteiger partial charge is 0.391 e. The molecule has 0 saturated heterocycles. The minimum absolute atomic E-state index is 0.0343. The summed E-state index contributed by atoms with van der Waals surface area (Å²) in [6, 6.07) is 5.79. The van der Waals surface area contributed by atoms with Crippen LogP contribution < -0.4 is 4.72 Å². The van der Waals surface area contributed by atoms with Gasteiger partial charge in [0.05, 0.1) is 28.3 Å². The fourth-order valence-corrected chi connectivity index (χ4v) is 3.30. The van der Waals surface area contributed by atoms with Crippen molar-refractivity contribution in [1.29, 1.82) is 5.26 Å². The average molecular weight is 303 g/mol. The van der Waals surface area contributed by atoms with E-state index in [9.17, 15) is 13.5 Å². The number of hydrogen-bond donors (Lipinski definition) is 2. The number of rotatable bonds is 4. The molecule has 1 aromatic carbocycles. The molecular formula is C12H15ClN2O3S. The normalized spacial score (nSPS) is 13.9. The molecule has 0 aliphatic heterocycles. The molecule has 2 N–H and O–H groups in total. The predicted octanol–water partition coefficient (Wildman–Crippen LogP) is 1.65. The van der Waals surface area contributed by atoms with Gasteiger partial charge < -0.3 is 5.11 Å². The van der Waals surface area contributed by atoms with E-state index in [0.29, 0.717) is 0 Å². The Bertz CT molecular complexity index is 618. The summed E-state index contributed by atoms with van der Waals surface area (Å²) in [6.07, 6.45) is -0.876. The maximum absolute atomic E-state index is 12.2. The highest BCUT2D eigenvalue weighted by molar-refractivity contribution is 7.89. The van der Waals surface area contributed by atoms with Crippen LogP contribution in [0.15, 0.2) is 23.1 Å². The molecule has 0 heterocycles. The fraction of sp³-hybridized carbons (Fsp3) is 0.417. The summed E-state index contributed by atoms with van der Waals surface area (Å²) in [6.45, 7) is 4.61. The molecule has 0 spiro atoms. The second-order valence-electron chi connectivity index (χ2n) is 4.76. The number of nitrogens with zero attached hydrogens (tertiary/aromatic N) is 1. The van der Waals surface area contributed by atoms with Gasteiger partial charge in [0.2, 0.25) is 10.0 Å². The van der Waals surface area contributed by atoms with E-state index in [2.05, 4.69) is 4.72 Å². The van der Waals surface area contributed by atoms with Crippen LogP contribution in [0, 0.1) is 11.3 Å². The first-order chi connectivity index (χ1) is 8.60. The SMILES string of the molecule is CC(O)C(C)(C)NS(=O)(=O)c1ccc(C#N)cc1Cl. The Balaban J connectivity index is 3.19. The minimum atomic E-state index is -3.87. The standard InChI is InChI=1S/C12H15ClN2O3S/c1-8(16)12(2,3)15-19(17,18)11-5-4-9(7-14)6-10(11)13/h4-6,8,15-16H,1-3H3. The summed E-state index contributed by atoms with van der Waals surface area (Å²) >= 11 is 5.87. The number of nitrogens with one attached hydrogen (secondary N) is 1. The summed E-state index contributed by atoms with van der Waals surface area (Å²) in [5, 5.41) is 18.2. The molecule has 1 atom stereocenters. The van der Waals surface area contributed by atoms with Gasteiger partial charge in [0.1, 0.15) is 4.90 Å². The summed E-state index contributed by atoms with van der Waals surface area (Å²) in [4.78, 5) is -0.123. The van der Waals surface area contributed by atoms with E-state index in [-0.39, 0.29) is 15.5 Å². The Hall–Kier alpha value is -1.13. The minimum Gasteiger partial charge on any atom is -0.391 e. The Labute approximate surface area is 117 Å². The van der Waals surface area contributed by atoms with Crippen molar-refractivity contribution < 1.29 is 13.5 Å². The van der Waals surface area contributed by atoms with E-state index in [1.807, 2.05) is 6.07 Å². The first-order valence-electron chi connectivity index (χ1n) is 5.52. The van der Waals surface area contributed by atoms with Crippen molar-refractivity contribution in [2.45, 2.75) is 37.3 Å². The molecule has 19 heavy (non-hydrogen) atoms. The molecule has 0 bridgehead atoms. The van der Waals surface area contributed by atoms with Gasteiger partial charge in [-0.05, 0) is 39.0 Å². The van der Waals surface area contributed by atoms with Crippen LogP contribution in [0.5, 0.6) is 0 Å². The lowest BCUT2D eigenvalue weighted by Gasteiger charge is -2.29. The zero-order valence-electron chi connectivity index (χ0n) is 10.8. The quantitative estimate of drug-likeness (QED) is 0.885. The van der Waals surface area contributed by atoms with E-state index in [0.717, 1.165) is 0 Å². The number of sulfonamides is 1. The first-order valence-corrected chi connectivity index (χ1v) is 7.38. The van der Waals surface area contributed by atoms with Crippen molar-refractivity contribution in [2.75, 3.05) is 0 Å². The molecule has 0 aliphatic carbocycles. The lowest BCUT2D eigenvalue weighted by molar-refractivity contribution is 0.111. The van der Waals surface area contributed by atoms with E-state index in [1.165, 1.54) is 25.1 Å². The van der Waals surface area contributed by atoms with Gasteiger partial charge >= 0.3 is 0 Å². The smallest absolute Gasteiger partial charge is 0.242 e. The van der Waals surface area contributed by atoms with Crippen molar-refractivity contribution >= 4 is 21.6 Å². The predicted molar refractivity (Wildman–Crippen MR) is 72.2 cm³/mol. The second kappa shape index (κ2) is 5.47. The molecule has 5 nitrogen and oxygen atoms in total. The van der Waals surface area contributed by atoms with E-state index in [1.54, 1.807) is 13.8 Å². The van der Waals surface area contributed by atoms with Crippen LogP contribution in [0.2, 0.25) is 5.02 Å². The van der Waals surface area contributed by atoms with Crippen LogP contribution in [0.4, 0.5) is 0 Å². The third-order valence-electron chi connectivity index (χ3n) is 2.79. The first kappa shape index (κ1) is 15.9. The summed E-state index contributed by atoms with van der Waals surface area (Å²) in [7, 11) is -3.87. The van der Waals surface area contributed by atoms with Gasteiger partial charge in [0, 0.05) is 0 Å². The monoisotopic (exact) mass is 302 g/mol. The number of benzene rings is 1. The summed E-state index contributed by atoms with van der Waals surface area (Å²) in [5.41, 5.74) is -0.755. The topological polar surface area (TPSA) is 90.2 Å². The highest BCUT2D eigenvalue weighted by Crippen LogP contribution is 2.24. The molecule has 0 fully saturated rings. The van der Waals surface area contributed by atoms with Crippen molar-refractivity contribution in [3.05, 3.63) is 28.8 Å². The van der Waals surface area contributed by atoms with Gasteiger partial charge in [-0.2, -0.15) is 5.26 Å². The second-order valence-corrected chi connectivity index (χ2v) is 6.82. The highest BCUT2D eigenvalue weighted by atomic mass is 35.5. The van der Waals surface area contributed by atoms with E-state index in [4.69, 9.17) is 16.9 Å². The lowest BCUT2D eigenvalue weighted by Crippen LogP contribution is -2.50. The van der Waals surface area contributed by atoms with E-state index >= 15 is 0 Å². The zero-order chi connectivity index (χ0) is 14.8. The molecule has 0 aliphatic rings. The van der Waals surface area contributed by atoms with Gasteiger partial charge in [0.25, 0.3) is 0 Å². The van der Waals surface area contributed by atoms with Crippen LogP contribution in [0.1, 0.15) is 26.3 Å². The maximum atomic E-state index is 12.2. The molecule has 104 valence electrons. The molecule has 0 saturated carbocycles. The Morgan fingerprint density at radius 2 is 2.05 bits per heavy atom. The van der Waals surface area contributed by atoms with Crippen LogP contribution in [0.25, 0.3) is 0 Å². The van der Waals surface area contributed by atoms with Crippen LogP contribution in [-0.2, 0) is 10.0 Å². The molecule has 1 rings (SSSR count). The number of halogens is 1. The van der Waals surface area contributed by atoms with E-state index < -0.39 is 21.7 Å². The van der Waals surface area contributed by atoms with Gasteiger partial charge in [-0.3, -0.25) is 0 Å². The molecule has 7 heteroatoms. The third kappa shape index (κ3) is 3.67. The van der Waals surface area contributed by atoms with Crippen molar-refractivity contribution in [1.82, 2.24) is 4.72 Å². The lowest BCUT2D eigenvalue weighted by atomic mass is 10.0. The van der Waals surface area contributed by atoms with Crippen molar-refractivity contribution in [3.8, 4) is 6.07 Å². The van der Waals surface area contributed by atoms with Crippen LogP contribution in [0.3, 0.4) is 0 Å². The van der Waals surface area contributed by atoms with Crippen molar-refractivity contribution in [3.63, 3.8) is 0 Å². The third-order valence-corrected chi connectivity index (χ3v) is 4.95. The Kier molecular flexibility index (Phi) is 4.59. The maximum Gasteiger partial charge on any atom is 0.242 e. The summed E-state index contributed by atoms with van der Waals surface area (Å²) in [5.74, 6) is 0. The number of hydrogen-bond acceptors (Lipinski definition) is 4. The highest BCUT2D eigenvalue weighted by Gasteiger charge is 2.31. The van der Waals surface area contributed by atoms with Crippen LogP contribution in [-0.4, -0.2) is 25.2 Å². The molecule has 1 unspecified atom stereocenters. The molecule has 0 radical (unpaired) electrons. The zero-order valence-corrected chi connectivity index (χ0v) is 12.4. The molecule has 1 aromatic rings. The van der Waals surface area contributed by atoms with Gasteiger partial charge in [-0.15, -0.1) is 0 Å². The number of aliphatic hydroxyl groups is 1. The molecule has 0 amide bonds. The fourth-order valence-electron chi connectivity index (χ4n) is 1.27. The summed E-state index contributed by atoms with van der Waals surface area (Å²) < 4.78 is 26.7. The van der Waals surface area contributed by atoms with Crippen LogP contribution >= 0.6 is 11.6 Å². The Morgan fingerprint density at radius 1 is 1.47 bits per heavy atom. The van der Waals surface area contributed by atoms with Crippen molar-refractivity contribution in [2.24, 2.45) is 0 Å². The molecule has 0 aromatic heterocycles. The van der Waals surface area contributed by atoms with Gasteiger partial charge in [-0.1, -0.05) is 11.6 Å². The van der Waals surface area contributed by atoms with Gasteiger partial charge in [0.15, 0.2) is 0 Å². The number of aliphatic hydroxyl groups excluding tert-OH is 1. The number of nitriles is 1.